The minimum Gasteiger partial charge on any atom is -0.382 e. The Balaban J connectivity index is 1.82. The van der Waals surface area contributed by atoms with Crippen molar-refractivity contribution >= 4 is 0 Å². The molecule has 2 heterocycles. The number of methoxy groups -OCH3 is 1. The summed E-state index contributed by atoms with van der Waals surface area (Å²) in [5, 5.41) is 7.68. The zero-order chi connectivity index (χ0) is 12.1. The Labute approximate surface area is 102 Å². The quantitative estimate of drug-likeness (QED) is 0.728. The first kappa shape index (κ1) is 12.5. The van der Waals surface area contributed by atoms with Gasteiger partial charge in [-0.1, -0.05) is 0 Å². The Kier molecular flexibility index (Phi) is 4.53. The van der Waals surface area contributed by atoms with Crippen molar-refractivity contribution in [3.8, 4) is 0 Å². The van der Waals surface area contributed by atoms with Crippen LogP contribution in [0.1, 0.15) is 12.0 Å². The predicted octanol–water partition coefficient (Wildman–Crippen LogP) is 0.356. The second-order valence-electron chi connectivity index (χ2n) is 4.48. The molecule has 0 aliphatic carbocycles. The largest absolute Gasteiger partial charge is 0.382 e. The Morgan fingerprint density at radius 3 is 3.12 bits per heavy atom. The summed E-state index contributed by atoms with van der Waals surface area (Å²) in [7, 11) is 3.64. The molecule has 1 fully saturated rings. The van der Waals surface area contributed by atoms with Gasteiger partial charge >= 0.3 is 0 Å². The van der Waals surface area contributed by atoms with E-state index in [1.165, 1.54) is 5.56 Å². The SMILES string of the molecule is COCCO[C@@H]1CCN[C@H]1Cc1cnn(C)c1. The van der Waals surface area contributed by atoms with Crippen LogP contribution < -0.4 is 5.32 Å². The molecule has 0 spiro atoms. The van der Waals surface area contributed by atoms with Gasteiger partial charge in [-0.3, -0.25) is 4.68 Å². The van der Waals surface area contributed by atoms with E-state index in [0.29, 0.717) is 25.4 Å². The van der Waals surface area contributed by atoms with Crippen LogP contribution in [0.25, 0.3) is 0 Å². The van der Waals surface area contributed by atoms with Crippen LogP contribution in [-0.2, 0) is 22.9 Å². The van der Waals surface area contributed by atoms with E-state index in [2.05, 4.69) is 16.6 Å². The van der Waals surface area contributed by atoms with Crippen LogP contribution in [-0.4, -0.2) is 48.8 Å². The van der Waals surface area contributed by atoms with Crippen LogP contribution in [0.2, 0.25) is 0 Å². The zero-order valence-electron chi connectivity index (χ0n) is 10.6. The lowest BCUT2D eigenvalue weighted by atomic mass is 10.1. The van der Waals surface area contributed by atoms with Crippen LogP contribution in [0, 0.1) is 0 Å². The van der Waals surface area contributed by atoms with Crippen molar-refractivity contribution in [3.63, 3.8) is 0 Å². The highest BCUT2D eigenvalue weighted by molar-refractivity contribution is 5.08. The van der Waals surface area contributed by atoms with Gasteiger partial charge in [0.05, 0.1) is 25.5 Å². The fourth-order valence-electron chi connectivity index (χ4n) is 2.26. The Hall–Kier alpha value is -0.910. The van der Waals surface area contributed by atoms with Crippen LogP contribution in [0.4, 0.5) is 0 Å². The van der Waals surface area contributed by atoms with Gasteiger partial charge in [-0.15, -0.1) is 0 Å². The molecule has 1 aromatic heterocycles. The highest BCUT2D eigenvalue weighted by Crippen LogP contribution is 2.15. The number of nitrogens with one attached hydrogen (secondary N) is 1. The summed E-state index contributed by atoms with van der Waals surface area (Å²) in [4.78, 5) is 0. The smallest absolute Gasteiger partial charge is 0.0744 e. The minimum absolute atomic E-state index is 0.297. The van der Waals surface area contributed by atoms with Crippen molar-refractivity contribution in [2.45, 2.75) is 25.0 Å². The standard InChI is InChI=1S/C12H21N3O2/c1-15-9-10(8-14-15)7-11-12(3-4-13-11)17-6-5-16-2/h8-9,11-13H,3-7H2,1-2H3/t11-,12+/m0/s1. The number of aromatic nitrogens is 2. The molecule has 1 aliphatic rings. The summed E-state index contributed by atoms with van der Waals surface area (Å²) in [6.07, 6.45) is 6.34. The van der Waals surface area contributed by atoms with E-state index in [-0.39, 0.29) is 0 Å². The van der Waals surface area contributed by atoms with Crippen molar-refractivity contribution in [2.75, 3.05) is 26.9 Å². The van der Waals surface area contributed by atoms with Crippen LogP contribution in [0.15, 0.2) is 12.4 Å². The molecule has 1 aromatic rings. The van der Waals surface area contributed by atoms with E-state index in [4.69, 9.17) is 9.47 Å². The third-order valence-electron chi connectivity index (χ3n) is 3.12. The summed E-state index contributed by atoms with van der Waals surface area (Å²) < 4.78 is 12.7. The topological polar surface area (TPSA) is 48.3 Å². The third-order valence-corrected chi connectivity index (χ3v) is 3.12. The van der Waals surface area contributed by atoms with E-state index >= 15 is 0 Å². The maximum Gasteiger partial charge on any atom is 0.0744 e. The van der Waals surface area contributed by atoms with Crippen molar-refractivity contribution < 1.29 is 9.47 Å². The van der Waals surface area contributed by atoms with Crippen molar-refractivity contribution in [2.24, 2.45) is 7.05 Å². The van der Waals surface area contributed by atoms with Gasteiger partial charge in [-0.05, 0) is 24.9 Å². The number of ether oxygens (including phenoxy) is 2. The van der Waals surface area contributed by atoms with Crippen LogP contribution >= 0.6 is 0 Å². The lowest BCUT2D eigenvalue weighted by Gasteiger charge is -2.19. The summed E-state index contributed by atoms with van der Waals surface area (Å²) in [6.45, 7) is 2.37. The summed E-state index contributed by atoms with van der Waals surface area (Å²) >= 11 is 0. The summed E-state index contributed by atoms with van der Waals surface area (Å²) in [5.41, 5.74) is 1.26. The molecule has 5 nitrogen and oxygen atoms in total. The lowest BCUT2D eigenvalue weighted by molar-refractivity contribution is 0.0119. The number of hydrogen-bond donors (Lipinski definition) is 1. The van der Waals surface area contributed by atoms with Gasteiger partial charge in [0, 0.05) is 26.4 Å². The number of hydrogen-bond acceptors (Lipinski definition) is 4. The Bertz CT molecular complexity index is 340. The average molecular weight is 239 g/mol. The minimum atomic E-state index is 0.297. The molecule has 0 aromatic carbocycles. The molecule has 0 radical (unpaired) electrons. The summed E-state index contributed by atoms with van der Waals surface area (Å²) in [6, 6.07) is 0.399. The van der Waals surface area contributed by atoms with Crippen molar-refractivity contribution in [1.29, 1.82) is 0 Å². The highest BCUT2D eigenvalue weighted by Gasteiger charge is 2.27. The van der Waals surface area contributed by atoms with Gasteiger partial charge in [0.15, 0.2) is 0 Å². The van der Waals surface area contributed by atoms with E-state index in [1.807, 2.05) is 17.9 Å². The predicted molar refractivity (Wildman–Crippen MR) is 64.9 cm³/mol. The van der Waals surface area contributed by atoms with E-state index in [9.17, 15) is 0 Å². The molecule has 17 heavy (non-hydrogen) atoms. The first-order valence-corrected chi connectivity index (χ1v) is 6.11. The molecule has 1 aliphatic heterocycles. The molecule has 2 rings (SSSR count). The Morgan fingerprint density at radius 1 is 1.53 bits per heavy atom. The molecule has 0 amide bonds. The highest BCUT2D eigenvalue weighted by atomic mass is 16.5. The molecular formula is C12H21N3O2. The van der Waals surface area contributed by atoms with Gasteiger partial charge in [0.2, 0.25) is 0 Å². The average Bonchev–Trinajstić information content (AvgIpc) is 2.90. The third kappa shape index (κ3) is 3.52. The monoisotopic (exact) mass is 239 g/mol. The maximum absolute atomic E-state index is 5.82. The summed E-state index contributed by atoms with van der Waals surface area (Å²) in [5.74, 6) is 0. The van der Waals surface area contributed by atoms with Crippen LogP contribution in [0.5, 0.6) is 0 Å². The van der Waals surface area contributed by atoms with Gasteiger partial charge in [-0.2, -0.15) is 5.10 Å². The Morgan fingerprint density at radius 2 is 2.41 bits per heavy atom. The zero-order valence-corrected chi connectivity index (χ0v) is 10.6. The fourth-order valence-corrected chi connectivity index (χ4v) is 2.26. The molecule has 0 unspecified atom stereocenters. The van der Waals surface area contributed by atoms with Crippen molar-refractivity contribution in [3.05, 3.63) is 18.0 Å². The van der Waals surface area contributed by atoms with Gasteiger partial charge in [0.25, 0.3) is 0 Å². The molecule has 5 heteroatoms. The number of rotatable bonds is 6. The first-order chi connectivity index (χ1) is 8.29. The molecule has 1 N–H and O–H groups in total. The second-order valence-corrected chi connectivity index (χ2v) is 4.48. The van der Waals surface area contributed by atoms with Gasteiger partial charge in [-0.25, -0.2) is 0 Å². The molecule has 0 bridgehead atoms. The fraction of sp³-hybridized carbons (Fsp3) is 0.750. The van der Waals surface area contributed by atoms with E-state index in [0.717, 1.165) is 19.4 Å². The molecule has 1 saturated heterocycles. The first-order valence-electron chi connectivity index (χ1n) is 6.11. The molecular weight excluding hydrogens is 218 g/mol. The molecule has 0 saturated carbocycles. The van der Waals surface area contributed by atoms with Crippen LogP contribution in [0.3, 0.4) is 0 Å². The number of aryl methyl sites for hydroxylation is 1. The lowest BCUT2D eigenvalue weighted by Crippen LogP contribution is -2.34. The normalized spacial score (nSPS) is 24.4. The van der Waals surface area contributed by atoms with E-state index < -0.39 is 0 Å². The second kappa shape index (κ2) is 6.14. The molecule has 96 valence electrons. The van der Waals surface area contributed by atoms with Gasteiger partial charge < -0.3 is 14.8 Å². The maximum atomic E-state index is 5.82. The van der Waals surface area contributed by atoms with Crippen molar-refractivity contribution in [1.82, 2.24) is 15.1 Å². The number of nitrogens with zero attached hydrogens (tertiary/aromatic N) is 2. The van der Waals surface area contributed by atoms with E-state index in [1.54, 1.807) is 7.11 Å². The molecule has 2 atom stereocenters. The van der Waals surface area contributed by atoms with Gasteiger partial charge in [0.1, 0.15) is 0 Å².